The van der Waals surface area contributed by atoms with Crippen LogP contribution in [0.5, 0.6) is 5.75 Å². The summed E-state index contributed by atoms with van der Waals surface area (Å²) in [5.41, 5.74) is 0.917. The lowest BCUT2D eigenvalue weighted by molar-refractivity contribution is -0.135. The largest absolute Gasteiger partial charge is 0.497 e. The number of likely N-dealkylation sites (tertiary alicyclic amines) is 2. The Morgan fingerprint density at radius 2 is 2.13 bits per heavy atom. The Morgan fingerprint density at radius 1 is 1.35 bits per heavy atom. The first-order chi connectivity index (χ1) is 11.2. The monoisotopic (exact) mass is 319 g/mol. The maximum Gasteiger partial charge on any atom is 0.240 e. The quantitative estimate of drug-likeness (QED) is 0.819. The summed E-state index contributed by atoms with van der Waals surface area (Å²) in [7, 11) is 3.37. The third-order valence-electron chi connectivity index (χ3n) is 4.79. The minimum Gasteiger partial charge on any atom is -0.497 e. The van der Waals surface area contributed by atoms with Crippen LogP contribution in [-0.2, 0) is 16.1 Å². The molecule has 2 atom stereocenters. The number of rotatable bonds is 5. The van der Waals surface area contributed by atoms with Gasteiger partial charge in [-0.25, -0.2) is 0 Å². The SMILES string of the molecule is COc1ccnc(CN2C[C@@H](OC)C[C@H]2C(=O)N2CCCC2)c1. The van der Waals surface area contributed by atoms with Gasteiger partial charge in [-0.2, -0.15) is 0 Å². The highest BCUT2D eigenvalue weighted by molar-refractivity contribution is 5.82. The van der Waals surface area contributed by atoms with Crippen LogP contribution in [0.2, 0.25) is 0 Å². The number of pyridine rings is 1. The van der Waals surface area contributed by atoms with E-state index in [4.69, 9.17) is 9.47 Å². The van der Waals surface area contributed by atoms with E-state index in [9.17, 15) is 4.79 Å². The number of amides is 1. The highest BCUT2D eigenvalue weighted by Crippen LogP contribution is 2.25. The van der Waals surface area contributed by atoms with Gasteiger partial charge in [0.1, 0.15) is 5.75 Å². The standard InChI is InChI=1S/C17H25N3O3/c1-22-14-5-6-18-13(9-14)11-20-12-15(23-2)10-16(20)17(21)19-7-3-4-8-19/h5-6,9,15-16H,3-4,7-8,10-12H2,1-2H3/t15-,16-/m0/s1. The Morgan fingerprint density at radius 3 is 2.83 bits per heavy atom. The molecule has 0 saturated carbocycles. The van der Waals surface area contributed by atoms with Crippen LogP contribution in [0, 0.1) is 0 Å². The van der Waals surface area contributed by atoms with Crippen molar-refractivity contribution in [1.82, 2.24) is 14.8 Å². The van der Waals surface area contributed by atoms with Gasteiger partial charge in [0, 0.05) is 45.6 Å². The minimum absolute atomic E-state index is 0.106. The van der Waals surface area contributed by atoms with E-state index in [1.165, 1.54) is 0 Å². The van der Waals surface area contributed by atoms with E-state index in [2.05, 4.69) is 9.88 Å². The number of ether oxygens (including phenoxy) is 2. The van der Waals surface area contributed by atoms with Gasteiger partial charge in [0.2, 0.25) is 5.91 Å². The number of carbonyl (C=O) groups is 1. The second-order valence-electron chi connectivity index (χ2n) is 6.26. The summed E-state index contributed by atoms with van der Waals surface area (Å²) >= 11 is 0. The van der Waals surface area contributed by atoms with Crippen LogP contribution in [0.3, 0.4) is 0 Å². The molecule has 3 rings (SSSR count). The number of hydrogen-bond acceptors (Lipinski definition) is 5. The lowest BCUT2D eigenvalue weighted by Gasteiger charge is -2.27. The summed E-state index contributed by atoms with van der Waals surface area (Å²) in [5.74, 6) is 1.03. The Balaban J connectivity index is 1.72. The zero-order valence-electron chi connectivity index (χ0n) is 13.9. The molecule has 1 aromatic rings. The lowest BCUT2D eigenvalue weighted by atomic mass is 10.1. The molecule has 0 N–H and O–H groups in total. The fourth-order valence-corrected chi connectivity index (χ4v) is 3.49. The van der Waals surface area contributed by atoms with Crippen molar-refractivity contribution in [3.05, 3.63) is 24.0 Å². The maximum absolute atomic E-state index is 12.8. The fraction of sp³-hybridized carbons (Fsp3) is 0.647. The van der Waals surface area contributed by atoms with Crippen LogP contribution >= 0.6 is 0 Å². The van der Waals surface area contributed by atoms with Crippen molar-refractivity contribution >= 4 is 5.91 Å². The first-order valence-electron chi connectivity index (χ1n) is 8.26. The van der Waals surface area contributed by atoms with Crippen LogP contribution in [0.15, 0.2) is 18.3 Å². The third kappa shape index (κ3) is 3.64. The Bertz CT molecular complexity index is 546. The van der Waals surface area contributed by atoms with Crippen molar-refractivity contribution < 1.29 is 14.3 Å². The van der Waals surface area contributed by atoms with Gasteiger partial charge in [-0.15, -0.1) is 0 Å². The summed E-state index contributed by atoms with van der Waals surface area (Å²) in [6.45, 7) is 3.18. The average molecular weight is 319 g/mol. The molecular weight excluding hydrogens is 294 g/mol. The Kier molecular flexibility index (Phi) is 5.13. The van der Waals surface area contributed by atoms with Crippen molar-refractivity contribution in [2.24, 2.45) is 0 Å². The molecule has 2 aliphatic rings. The number of nitrogens with zero attached hydrogens (tertiary/aromatic N) is 3. The molecular formula is C17H25N3O3. The van der Waals surface area contributed by atoms with Crippen LogP contribution in [0.4, 0.5) is 0 Å². The number of carbonyl (C=O) groups excluding carboxylic acids is 1. The van der Waals surface area contributed by atoms with E-state index in [0.29, 0.717) is 6.54 Å². The molecule has 1 aromatic heterocycles. The van der Waals surface area contributed by atoms with E-state index in [1.807, 2.05) is 17.0 Å². The molecule has 0 radical (unpaired) electrons. The van der Waals surface area contributed by atoms with E-state index < -0.39 is 0 Å². The number of aromatic nitrogens is 1. The van der Waals surface area contributed by atoms with E-state index >= 15 is 0 Å². The first-order valence-corrected chi connectivity index (χ1v) is 8.26. The predicted molar refractivity (Wildman–Crippen MR) is 86.2 cm³/mol. The second kappa shape index (κ2) is 7.27. The molecule has 0 aliphatic carbocycles. The molecule has 0 spiro atoms. The van der Waals surface area contributed by atoms with Gasteiger partial charge in [-0.3, -0.25) is 14.7 Å². The molecule has 0 aromatic carbocycles. The zero-order valence-corrected chi connectivity index (χ0v) is 13.9. The number of hydrogen-bond donors (Lipinski definition) is 0. The van der Waals surface area contributed by atoms with Crippen molar-refractivity contribution in [3.8, 4) is 5.75 Å². The van der Waals surface area contributed by atoms with E-state index in [0.717, 1.165) is 50.3 Å². The summed E-state index contributed by atoms with van der Waals surface area (Å²) in [4.78, 5) is 21.4. The van der Waals surface area contributed by atoms with Crippen LogP contribution in [-0.4, -0.2) is 66.7 Å². The van der Waals surface area contributed by atoms with Gasteiger partial charge in [0.15, 0.2) is 0 Å². The van der Waals surface area contributed by atoms with Gasteiger partial charge < -0.3 is 14.4 Å². The van der Waals surface area contributed by atoms with Crippen molar-refractivity contribution in [2.75, 3.05) is 33.9 Å². The summed E-state index contributed by atoms with van der Waals surface area (Å²) in [6.07, 6.45) is 4.84. The topological polar surface area (TPSA) is 54.9 Å². The number of methoxy groups -OCH3 is 2. The van der Waals surface area contributed by atoms with Crippen LogP contribution in [0.25, 0.3) is 0 Å². The molecule has 3 heterocycles. The van der Waals surface area contributed by atoms with Crippen LogP contribution in [0.1, 0.15) is 25.0 Å². The molecule has 23 heavy (non-hydrogen) atoms. The highest BCUT2D eigenvalue weighted by atomic mass is 16.5. The van der Waals surface area contributed by atoms with Crippen molar-refractivity contribution in [1.29, 1.82) is 0 Å². The zero-order chi connectivity index (χ0) is 16.2. The molecule has 2 fully saturated rings. The van der Waals surface area contributed by atoms with E-state index in [-0.39, 0.29) is 18.1 Å². The average Bonchev–Trinajstić information content (AvgIpc) is 3.24. The molecule has 1 amide bonds. The molecule has 2 aliphatic heterocycles. The van der Waals surface area contributed by atoms with Gasteiger partial charge in [0.05, 0.1) is 24.9 Å². The molecule has 2 saturated heterocycles. The molecule has 0 unspecified atom stereocenters. The van der Waals surface area contributed by atoms with Gasteiger partial charge in [-0.05, 0) is 25.3 Å². The van der Waals surface area contributed by atoms with Gasteiger partial charge >= 0.3 is 0 Å². The van der Waals surface area contributed by atoms with Gasteiger partial charge in [0.25, 0.3) is 0 Å². The predicted octanol–water partition coefficient (Wildman–Crippen LogP) is 1.30. The highest BCUT2D eigenvalue weighted by Gasteiger charge is 2.39. The molecule has 126 valence electrons. The molecule has 6 heteroatoms. The third-order valence-corrected chi connectivity index (χ3v) is 4.79. The van der Waals surface area contributed by atoms with E-state index in [1.54, 1.807) is 20.4 Å². The van der Waals surface area contributed by atoms with Crippen LogP contribution < -0.4 is 4.74 Å². The van der Waals surface area contributed by atoms with Gasteiger partial charge in [-0.1, -0.05) is 0 Å². The normalized spacial score (nSPS) is 25.0. The molecule has 6 nitrogen and oxygen atoms in total. The van der Waals surface area contributed by atoms with Crippen molar-refractivity contribution in [3.63, 3.8) is 0 Å². The Labute approximate surface area is 137 Å². The first kappa shape index (κ1) is 16.2. The summed E-state index contributed by atoms with van der Waals surface area (Å²) in [6, 6.07) is 3.65. The smallest absolute Gasteiger partial charge is 0.240 e. The maximum atomic E-state index is 12.8. The summed E-state index contributed by atoms with van der Waals surface area (Å²) in [5, 5.41) is 0. The Hall–Kier alpha value is -1.66. The summed E-state index contributed by atoms with van der Waals surface area (Å²) < 4.78 is 10.8. The molecule has 0 bridgehead atoms. The van der Waals surface area contributed by atoms with Crippen molar-refractivity contribution in [2.45, 2.75) is 38.0 Å². The fourth-order valence-electron chi connectivity index (χ4n) is 3.49. The lowest BCUT2D eigenvalue weighted by Crippen LogP contribution is -2.44. The second-order valence-corrected chi connectivity index (χ2v) is 6.26. The minimum atomic E-state index is -0.106.